The van der Waals surface area contributed by atoms with Crippen LogP contribution >= 0.6 is 7.82 Å². The lowest BCUT2D eigenvalue weighted by Crippen LogP contribution is -2.40. The van der Waals surface area contributed by atoms with Gasteiger partial charge in [-0.15, -0.1) is 4.99 Å². The lowest BCUT2D eigenvalue weighted by molar-refractivity contribution is -0.727. The molecular weight excluding hydrogens is 609 g/mol. The summed E-state index contributed by atoms with van der Waals surface area (Å²) in [6, 6.07) is 3.60. The van der Waals surface area contributed by atoms with Crippen LogP contribution in [0.3, 0.4) is 0 Å². The largest absolute Gasteiger partial charge is 0.513 e. The minimum atomic E-state index is -3.44. The molecule has 1 aromatic heterocycles. The first-order chi connectivity index (χ1) is 21.9. The third-order valence-corrected chi connectivity index (χ3v) is 7.71. The summed E-state index contributed by atoms with van der Waals surface area (Å²) in [6.07, 6.45) is 11.1. The number of hydrogen-bond acceptors (Lipinski definition) is 12. The van der Waals surface area contributed by atoms with E-state index in [1.807, 2.05) is 0 Å². The van der Waals surface area contributed by atoms with Gasteiger partial charge in [0.05, 0.1) is 58.5 Å². The highest BCUT2D eigenvalue weighted by atomic mass is 31.2. The number of phosphoric acid groups is 1. The predicted molar refractivity (Wildman–Crippen MR) is 166 cm³/mol. The topological polar surface area (TPSA) is 177 Å². The quantitative estimate of drug-likeness (QED) is 0.0269. The zero-order valence-electron chi connectivity index (χ0n) is 26.9. The van der Waals surface area contributed by atoms with Crippen LogP contribution < -0.4 is 15.2 Å². The Hall–Kier alpha value is -2.83. The number of unbranched alkanes of at least 4 members (excludes halogenated alkanes) is 6. The maximum Gasteiger partial charge on any atom is 0.513 e. The van der Waals surface area contributed by atoms with E-state index in [9.17, 15) is 9.36 Å². The molecule has 45 heavy (non-hydrogen) atoms. The molecule has 0 saturated carbocycles. The Morgan fingerprint density at radius 2 is 1.44 bits per heavy atom. The van der Waals surface area contributed by atoms with E-state index in [4.69, 9.17) is 48.3 Å². The lowest BCUT2D eigenvalue weighted by Gasteiger charge is -2.22. The first kappa shape index (κ1) is 40.2. The van der Waals surface area contributed by atoms with E-state index in [1.165, 1.54) is 0 Å². The van der Waals surface area contributed by atoms with E-state index >= 15 is 0 Å². The normalized spacial score (nSPS) is 11.7. The van der Waals surface area contributed by atoms with Crippen molar-refractivity contribution in [3.8, 4) is 6.19 Å². The number of aliphatic imine (C=N–C) groups is 1. The molecule has 0 saturated heterocycles. The lowest BCUT2D eigenvalue weighted by atomic mass is 10.1. The SMILES string of the molecule is CCOP(=O)(OCC)OCCCCCCCCCN(C(N)=NC#N)c1cc[n+](COC(=O)OCCOCCOCCOC)cc1. The molecular formula is C29H51N5O10P+. The molecule has 0 aromatic carbocycles. The summed E-state index contributed by atoms with van der Waals surface area (Å²) in [5, 5.41) is 9.01. The minimum absolute atomic E-state index is 0.0421. The molecule has 0 aliphatic carbocycles. The average Bonchev–Trinajstić information content (AvgIpc) is 3.02. The number of guanidine groups is 1. The molecule has 0 radical (unpaired) electrons. The van der Waals surface area contributed by atoms with Crippen molar-refractivity contribution >= 4 is 25.6 Å². The highest BCUT2D eigenvalue weighted by Crippen LogP contribution is 2.49. The van der Waals surface area contributed by atoms with Crippen LogP contribution in [0.1, 0.15) is 58.8 Å². The summed E-state index contributed by atoms with van der Waals surface area (Å²) in [5.41, 5.74) is 6.82. The van der Waals surface area contributed by atoms with E-state index < -0.39 is 14.0 Å². The fourth-order valence-electron chi connectivity index (χ4n) is 3.88. The third kappa shape index (κ3) is 20.0. The van der Waals surface area contributed by atoms with Crippen LogP contribution in [0.4, 0.5) is 10.5 Å². The molecule has 0 aliphatic rings. The van der Waals surface area contributed by atoms with Gasteiger partial charge in [-0.25, -0.2) is 9.36 Å². The number of pyridine rings is 1. The van der Waals surface area contributed by atoms with E-state index in [2.05, 4.69) is 4.99 Å². The molecule has 0 spiro atoms. The zero-order valence-corrected chi connectivity index (χ0v) is 27.8. The Kier molecular flexibility index (Phi) is 23.6. The predicted octanol–water partition coefficient (Wildman–Crippen LogP) is 4.29. The number of carbonyl (C=O) groups is 1. The average molecular weight is 661 g/mol. The van der Waals surface area contributed by atoms with Crippen LogP contribution in [-0.4, -0.2) is 85.2 Å². The molecule has 0 fully saturated rings. The second-order valence-corrected chi connectivity index (χ2v) is 11.1. The number of rotatable bonds is 27. The summed E-state index contributed by atoms with van der Waals surface area (Å²) < 4.78 is 55.1. The van der Waals surface area contributed by atoms with E-state index in [1.54, 1.807) is 61.1 Å². The zero-order chi connectivity index (χ0) is 33.0. The highest BCUT2D eigenvalue weighted by molar-refractivity contribution is 7.48. The Morgan fingerprint density at radius 3 is 2.04 bits per heavy atom. The Labute approximate surface area is 267 Å². The van der Waals surface area contributed by atoms with Crippen LogP contribution in [0.25, 0.3) is 0 Å². The summed E-state index contributed by atoms with van der Waals surface area (Å²) in [4.78, 5) is 17.3. The summed E-state index contributed by atoms with van der Waals surface area (Å²) in [5.74, 6) is 0.107. The molecule has 1 aromatic rings. The molecule has 0 bridgehead atoms. The van der Waals surface area contributed by atoms with Gasteiger partial charge in [0, 0.05) is 25.8 Å². The Morgan fingerprint density at radius 1 is 0.867 bits per heavy atom. The number of phosphoric ester groups is 1. The van der Waals surface area contributed by atoms with Crippen molar-refractivity contribution in [2.45, 2.75) is 65.5 Å². The molecule has 1 rings (SSSR count). The van der Waals surface area contributed by atoms with Crippen molar-refractivity contribution in [3.05, 3.63) is 24.5 Å². The number of nitrogens with two attached hydrogens (primary N) is 1. The van der Waals surface area contributed by atoms with Crippen molar-refractivity contribution < 1.29 is 51.2 Å². The second-order valence-electron chi connectivity index (χ2n) is 9.47. The maximum atomic E-state index is 12.3. The van der Waals surface area contributed by atoms with Crippen molar-refractivity contribution in [2.75, 3.05) is 78.0 Å². The first-order valence-electron chi connectivity index (χ1n) is 15.4. The molecule has 1 heterocycles. The van der Waals surface area contributed by atoms with Gasteiger partial charge < -0.3 is 34.3 Å². The summed E-state index contributed by atoms with van der Waals surface area (Å²) in [6.45, 7) is 7.05. The van der Waals surface area contributed by atoms with Crippen molar-refractivity contribution in [1.82, 2.24) is 0 Å². The van der Waals surface area contributed by atoms with E-state index in [0.717, 1.165) is 50.6 Å². The van der Waals surface area contributed by atoms with Crippen LogP contribution in [-0.2, 0) is 48.6 Å². The van der Waals surface area contributed by atoms with Crippen molar-refractivity contribution in [3.63, 3.8) is 0 Å². The Balaban J connectivity index is 2.32. The molecule has 16 heteroatoms. The standard InChI is InChI=1S/C29H51N5O10P/c1-4-42-45(36,43-5-2)44-18-12-10-8-6-7-9-11-15-34(28(31)32-25-30)27-13-16-33(17-14-27)26-41-29(35)40-24-23-39-22-21-38-20-19-37-3/h13-14,16-17H,4-12,15,18-24,26H2,1-3H3,(H2,31,32)/q+1. The smallest absolute Gasteiger partial charge is 0.432 e. The van der Waals surface area contributed by atoms with Gasteiger partial charge in [-0.2, -0.15) is 9.83 Å². The number of hydrogen-bond donors (Lipinski definition) is 1. The van der Waals surface area contributed by atoms with Gasteiger partial charge in [0.25, 0.3) is 6.73 Å². The van der Waals surface area contributed by atoms with Gasteiger partial charge in [-0.05, 0) is 26.7 Å². The van der Waals surface area contributed by atoms with Crippen molar-refractivity contribution in [2.24, 2.45) is 10.7 Å². The first-order valence-corrected chi connectivity index (χ1v) is 16.8. The maximum absolute atomic E-state index is 12.3. The van der Waals surface area contributed by atoms with Crippen LogP contribution in [0.2, 0.25) is 0 Å². The third-order valence-electron chi connectivity index (χ3n) is 6.06. The van der Waals surface area contributed by atoms with E-state index in [-0.39, 0.29) is 39.1 Å². The number of carbonyl (C=O) groups excluding carboxylic acids is 1. The summed E-state index contributed by atoms with van der Waals surface area (Å²) >= 11 is 0. The molecule has 2 N–H and O–H groups in total. The van der Waals surface area contributed by atoms with Gasteiger partial charge in [0.2, 0.25) is 12.2 Å². The van der Waals surface area contributed by atoms with Gasteiger partial charge >= 0.3 is 14.0 Å². The fourth-order valence-corrected chi connectivity index (χ4v) is 5.09. The molecule has 0 unspecified atom stereocenters. The number of nitrogens with zero attached hydrogens (tertiary/aromatic N) is 4. The number of methoxy groups -OCH3 is 1. The van der Waals surface area contributed by atoms with Gasteiger partial charge in [0.1, 0.15) is 6.61 Å². The van der Waals surface area contributed by atoms with Gasteiger partial charge in [-0.3, -0.25) is 13.6 Å². The number of ether oxygens (including phenoxy) is 5. The van der Waals surface area contributed by atoms with Gasteiger partial charge in [-0.1, -0.05) is 32.1 Å². The monoisotopic (exact) mass is 660 g/mol. The molecule has 15 nitrogen and oxygen atoms in total. The Bertz CT molecular complexity index is 1020. The van der Waals surface area contributed by atoms with Crippen LogP contribution in [0, 0.1) is 11.5 Å². The van der Waals surface area contributed by atoms with Gasteiger partial charge in [0.15, 0.2) is 12.4 Å². The van der Waals surface area contributed by atoms with Crippen LogP contribution in [0.15, 0.2) is 29.5 Å². The second kappa shape index (κ2) is 26.4. The van der Waals surface area contributed by atoms with Crippen LogP contribution in [0.5, 0.6) is 0 Å². The number of aromatic nitrogens is 1. The summed E-state index contributed by atoms with van der Waals surface area (Å²) in [7, 11) is -1.83. The molecule has 0 amide bonds. The van der Waals surface area contributed by atoms with E-state index in [0.29, 0.717) is 39.6 Å². The fraction of sp³-hybridized carbons (Fsp3) is 0.724. The number of nitriles is 1. The molecule has 0 aliphatic heterocycles. The molecule has 0 atom stereocenters. The van der Waals surface area contributed by atoms with Crippen molar-refractivity contribution in [1.29, 1.82) is 5.26 Å². The minimum Gasteiger partial charge on any atom is -0.432 e. The number of anilines is 1. The highest BCUT2D eigenvalue weighted by Gasteiger charge is 2.24. The molecule has 256 valence electrons.